The van der Waals surface area contributed by atoms with Crippen molar-refractivity contribution < 1.29 is 13.2 Å². The Labute approximate surface area is 141 Å². The van der Waals surface area contributed by atoms with Crippen LogP contribution in [0.5, 0.6) is 5.88 Å². The Hall–Kier alpha value is -2.19. The fourth-order valence-corrected chi connectivity index (χ4v) is 4.01. The van der Waals surface area contributed by atoms with E-state index < -0.39 is 10.0 Å². The van der Waals surface area contributed by atoms with Crippen molar-refractivity contribution in [2.75, 3.05) is 25.1 Å². The van der Waals surface area contributed by atoms with Crippen LogP contribution in [0.2, 0.25) is 0 Å². The van der Waals surface area contributed by atoms with E-state index in [4.69, 9.17) is 4.74 Å². The molecule has 0 atom stereocenters. The lowest BCUT2D eigenvalue weighted by atomic mass is 10.1. The van der Waals surface area contributed by atoms with Crippen LogP contribution in [0.1, 0.15) is 12.8 Å². The highest BCUT2D eigenvalue weighted by atomic mass is 32.2. The molecule has 8 heteroatoms. The lowest BCUT2D eigenvalue weighted by Gasteiger charge is -2.32. The summed E-state index contributed by atoms with van der Waals surface area (Å²) in [4.78, 5) is 10.9. The van der Waals surface area contributed by atoms with Crippen molar-refractivity contribution in [1.82, 2.24) is 14.7 Å². The van der Waals surface area contributed by atoms with Gasteiger partial charge < -0.3 is 9.64 Å². The van der Waals surface area contributed by atoms with Gasteiger partial charge in [-0.2, -0.15) is 4.98 Å². The highest BCUT2D eigenvalue weighted by molar-refractivity contribution is 7.89. The molecule has 1 N–H and O–H groups in total. The van der Waals surface area contributed by atoms with E-state index in [0.29, 0.717) is 42.7 Å². The number of rotatable bonds is 5. The van der Waals surface area contributed by atoms with Crippen LogP contribution >= 0.6 is 0 Å². The first-order valence-corrected chi connectivity index (χ1v) is 9.26. The molecule has 0 aliphatic carbocycles. The Morgan fingerprint density at radius 2 is 1.88 bits per heavy atom. The number of aromatic nitrogens is 2. The molecule has 0 amide bonds. The van der Waals surface area contributed by atoms with Gasteiger partial charge in [-0.05, 0) is 25.0 Å². The Kier molecular flexibility index (Phi) is 4.96. The maximum absolute atomic E-state index is 12.4. The number of sulfonamides is 1. The minimum atomic E-state index is -3.47. The fourth-order valence-electron chi connectivity index (χ4n) is 2.68. The normalized spacial score (nSPS) is 16.1. The van der Waals surface area contributed by atoms with Crippen LogP contribution in [0.3, 0.4) is 0 Å². The molecule has 0 saturated carbocycles. The molecule has 2 aromatic rings. The zero-order valence-corrected chi connectivity index (χ0v) is 14.2. The number of nitrogens with one attached hydrogen (secondary N) is 1. The van der Waals surface area contributed by atoms with Gasteiger partial charge in [0.05, 0.1) is 12.0 Å². The number of benzene rings is 1. The van der Waals surface area contributed by atoms with E-state index in [1.54, 1.807) is 49.7 Å². The molecule has 1 fully saturated rings. The van der Waals surface area contributed by atoms with Gasteiger partial charge in [-0.3, -0.25) is 0 Å². The molecule has 0 radical (unpaired) electrons. The minimum Gasteiger partial charge on any atom is -0.481 e. The van der Waals surface area contributed by atoms with Gasteiger partial charge in [-0.25, -0.2) is 18.1 Å². The molecule has 1 aromatic heterocycles. The van der Waals surface area contributed by atoms with Crippen LogP contribution in [-0.2, 0) is 10.0 Å². The summed E-state index contributed by atoms with van der Waals surface area (Å²) < 4.78 is 32.6. The minimum absolute atomic E-state index is 0.0861. The van der Waals surface area contributed by atoms with E-state index in [1.165, 1.54) is 0 Å². The zero-order valence-electron chi connectivity index (χ0n) is 13.4. The maximum Gasteiger partial charge on any atom is 0.240 e. The number of methoxy groups -OCH3 is 1. The number of anilines is 1. The summed E-state index contributed by atoms with van der Waals surface area (Å²) in [5.41, 5.74) is 0. The van der Waals surface area contributed by atoms with Crippen LogP contribution in [0.4, 0.5) is 5.95 Å². The van der Waals surface area contributed by atoms with Gasteiger partial charge in [0, 0.05) is 31.4 Å². The lowest BCUT2D eigenvalue weighted by Crippen LogP contribution is -2.45. The van der Waals surface area contributed by atoms with Crippen LogP contribution in [-0.4, -0.2) is 44.6 Å². The highest BCUT2D eigenvalue weighted by Gasteiger charge is 2.25. The standard InChI is InChI=1S/C16H20N4O3S/c1-23-15-7-10-17-16(18-15)20-11-8-13(9-12-20)19-24(21,22)14-5-3-2-4-6-14/h2-7,10,13,19H,8-9,11-12H2,1H3. The summed E-state index contributed by atoms with van der Waals surface area (Å²) in [6.07, 6.45) is 3.06. The van der Waals surface area contributed by atoms with E-state index >= 15 is 0 Å². The molecule has 1 saturated heterocycles. The first-order chi connectivity index (χ1) is 11.6. The molecule has 3 rings (SSSR count). The van der Waals surface area contributed by atoms with Crippen LogP contribution in [0.15, 0.2) is 47.5 Å². The predicted molar refractivity (Wildman–Crippen MR) is 90.6 cm³/mol. The number of ether oxygens (including phenoxy) is 1. The molecule has 1 aliphatic rings. The summed E-state index contributed by atoms with van der Waals surface area (Å²) in [6, 6.07) is 10.0. The lowest BCUT2D eigenvalue weighted by molar-refractivity contribution is 0.395. The second-order valence-electron chi connectivity index (χ2n) is 5.59. The van der Waals surface area contributed by atoms with E-state index in [2.05, 4.69) is 14.7 Å². The van der Waals surface area contributed by atoms with E-state index in [1.807, 2.05) is 4.90 Å². The Morgan fingerprint density at radius 1 is 1.17 bits per heavy atom. The van der Waals surface area contributed by atoms with Gasteiger partial charge >= 0.3 is 0 Å². The van der Waals surface area contributed by atoms with Gasteiger partial charge in [-0.1, -0.05) is 18.2 Å². The van der Waals surface area contributed by atoms with Crippen molar-refractivity contribution in [2.45, 2.75) is 23.8 Å². The zero-order chi connectivity index (χ0) is 17.0. The van der Waals surface area contributed by atoms with Crippen molar-refractivity contribution >= 4 is 16.0 Å². The Morgan fingerprint density at radius 3 is 2.54 bits per heavy atom. The van der Waals surface area contributed by atoms with Gasteiger partial charge in [0.25, 0.3) is 0 Å². The smallest absolute Gasteiger partial charge is 0.240 e. The molecule has 2 heterocycles. The van der Waals surface area contributed by atoms with Gasteiger partial charge in [0.1, 0.15) is 0 Å². The largest absolute Gasteiger partial charge is 0.481 e. The van der Waals surface area contributed by atoms with Crippen LogP contribution in [0.25, 0.3) is 0 Å². The Bertz CT molecular complexity index is 775. The van der Waals surface area contributed by atoms with Gasteiger partial charge in [0.2, 0.25) is 21.9 Å². The van der Waals surface area contributed by atoms with Gasteiger partial charge in [-0.15, -0.1) is 0 Å². The first-order valence-electron chi connectivity index (χ1n) is 7.78. The fraction of sp³-hybridized carbons (Fsp3) is 0.375. The molecule has 7 nitrogen and oxygen atoms in total. The third-order valence-corrected chi connectivity index (χ3v) is 5.52. The van der Waals surface area contributed by atoms with Crippen molar-refractivity contribution in [3.63, 3.8) is 0 Å². The molecule has 0 unspecified atom stereocenters. The third-order valence-electron chi connectivity index (χ3n) is 3.98. The average molecular weight is 348 g/mol. The van der Waals surface area contributed by atoms with Crippen molar-refractivity contribution in [2.24, 2.45) is 0 Å². The van der Waals surface area contributed by atoms with Crippen molar-refractivity contribution in [3.05, 3.63) is 42.6 Å². The molecule has 0 bridgehead atoms. The summed E-state index contributed by atoms with van der Waals surface area (Å²) in [6.45, 7) is 1.38. The molecular weight excluding hydrogens is 328 g/mol. The quantitative estimate of drug-likeness (QED) is 0.880. The molecule has 0 spiro atoms. The molecule has 128 valence electrons. The SMILES string of the molecule is COc1ccnc(N2CCC(NS(=O)(=O)c3ccccc3)CC2)n1. The molecular formula is C16H20N4O3S. The monoisotopic (exact) mass is 348 g/mol. The number of nitrogens with zero attached hydrogens (tertiary/aromatic N) is 3. The summed E-state index contributed by atoms with van der Waals surface area (Å²) in [5.74, 6) is 1.13. The summed E-state index contributed by atoms with van der Waals surface area (Å²) >= 11 is 0. The number of hydrogen-bond donors (Lipinski definition) is 1. The van der Waals surface area contributed by atoms with E-state index in [9.17, 15) is 8.42 Å². The molecule has 24 heavy (non-hydrogen) atoms. The van der Waals surface area contributed by atoms with Crippen LogP contribution in [0, 0.1) is 0 Å². The number of hydrogen-bond acceptors (Lipinski definition) is 6. The van der Waals surface area contributed by atoms with Gasteiger partial charge in [0.15, 0.2) is 0 Å². The first kappa shape index (κ1) is 16.7. The summed E-state index contributed by atoms with van der Waals surface area (Å²) in [5, 5.41) is 0. The maximum atomic E-state index is 12.4. The van der Waals surface area contributed by atoms with E-state index in [-0.39, 0.29) is 6.04 Å². The second-order valence-corrected chi connectivity index (χ2v) is 7.31. The number of piperidine rings is 1. The average Bonchev–Trinajstić information content (AvgIpc) is 2.63. The third kappa shape index (κ3) is 3.82. The highest BCUT2D eigenvalue weighted by Crippen LogP contribution is 2.19. The van der Waals surface area contributed by atoms with E-state index in [0.717, 1.165) is 0 Å². The topological polar surface area (TPSA) is 84.4 Å². The summed E-state index contributed by atoms with van der Waals surface area (Å²) in [7, 11) is -1.91. The Balaban J connectivity index is 1.61. The molecule has 1 aromatic carbocycles. The molecule has 1 aliphatic heterocycles. The van der Waals surface area contributed by atoms with Crippen LogP contribution < -0.4 is 14.4 Å². The predicted octanol–water partition coefficient (Wildman–Crippen LogP) is 1.43. The van der Waals surface area contributed by atoms with Crippen molar-refractivity contribution in [3.8, 4) is 5.88 Å². The second kappa shape index (κ2) is 7.14. The van der Waals surface area contributed by atoms with Crippen molar-refractivity contribution in [1.29, 1.82) is 0 Å².